The van der Waals surface area contributed by atoms with Crippen molar-refractivity contribution in [3.63, 3.8) is 0 Å². The molecule has 0 saturated carbocycles. The first kappa shape index (κ1) is 20.5. The predicted molar refractivity (Wildman–Crippen MR) is 113 cm³/mol. The number of carbonyl (C=O) groups excluding carboxylic acids is 3. The molecule has 150 valence electrons. The van der Waals surface area contributed by atoms with Gasteiger partial charge in [-0.05, 0) is 74.5 Å². The second-order valence-electron chi connectivity index (χ2n) is 6.84. The maximum Gasteiger partial charge on any atom is 0.337 e. The number of nitrogens with zero attached hydrogens (tertiary/aromatic N) is 2. The number of nitrogens with one attached hydrogen (secondary N) is 1. The van der Waals surface area contributed by atoms with E-state index >= 15 is 0 Å². The molecule has 2 heterocycles. The highest BCUT2D eigenvalue weighted by molar-refractivity contribution is 7.80. The minimum atomic E-state index is -0.512. The first-order valence-electron chi connectivity index (χ1n) is 8.89. The van der Waals surface area contributed by atoms with Crippen LogP contribution in [-0.2, 0) is 14.3 Å². The smallest absolute Gasteiger partial charge is 0.337 e. The number of ether oxygens (including phenoxy) is 1. The monoisotopic (exact) mass is 411 g/mol. The van der Waals surface area contributed by atoms with Gasteiger partial charge >= 0.3 is 5.97 Å². The number of benzene rings is 1. The van der Waals surface area contributed by atoms with E-state index in [0.717, 1.165) is 28.2 Å². The lowest BCUT2D eigenvalue weighted by Gasteiger charge is -2.25. The molecular formula is C21H21N3O4S. The van der Waals surface area contributed by atoms with E-state index in [4.69, 9.17) is 17.0 Å². The van der Waals surface area contributed by atoms with Crippen molar-refractivity contribution in [3.8, 4) is 5.69 Å². The number of methoxy groups -OCH3 is 1. The van der Waals surface area contributed by atoms with Crippen LogP contribution in [0.3, 0.4) is 0 Å². The Morgan fingerprint density at radius 1 is 1.17 bits per heavy atom. The minimum Gasteiger partial charge on any atom is -0.465 e. The molecule has 0 bridgehead atoms. The van der Waals surface area contributed by atoms with Crippen LogP contribution < -0.4 is 5.32 Å². The Morgan fingerprint density at radius 2 is 1.86 bits per heavy atom. The fraction of sp³-hybridized carbons (Fsp3) is 0.238. The van der Waals surface area contributed by atoms with E-state index in [9.17, 15) is 14.4 Å². The topological polar surface area (TPSA) is 80.6 Å². The molecule has 1 N–H and O–H groups in total. The molecule has 1 fully saturated rings. The fourth-order valence-electron chi connectivity index (χ4n) is 3.36. The first-order chi connectivity index (χ1) is 13.6. The van der Waals surface area contributed by atoms with Crippen molar-refractivity contribution >= 4 is 41.2 Å². The molecule has 1 aliphatic heterocycles. The lowest BCUT2D eigenvalue weighted by molar-refractivity contribution is -0.128. The highest BCUT2D eigenvalue weighted by Gasteiger charge is 2.31. The van der Waals surface area contributed by atoms with Crippen LogP contribution in [-0.4, -0.2) is 46.5 Å². The third kappa shape index (κ3) is 3.58. The number of thiocarbonyl (C=S) groups is 1. The first-order valence-corrected chi connectivity index (χ1v) is 9.30. The van der Waals surface area contributed by atoms with Crippen molar-refractivity contribution in [2.45, 2.75) is 20.8 Å². The van der Waals surface area contributed by atoms with E-state index in [1.54, 1.807) is 18.2 Å². The summed E-state index contributed by atoms with van der Waals surface area (Å²) in [6, 6.07) is 7.23. The third-order valence-electron chi connectivity index (χ3n) is 4.93. The van der Waals surface area contributed by atoms with Crippen molar-refractivity contribution in [2.75, 3.05) is 14.2 Å². The largest absolute Gasteiger partial charge is 0.465 e. The molecule has 29 heavy (non-hydrogen) atoms. The summed E-state index contributed by atoms with van der Waals surface area (Å²) in [5, 5.41) is 2.60. The highest BCUT2D eigenvalue weighted by atomic mass is 32.1. The lowest BCUT2D eigenvalue weighted by Crippen LogP contribution is -2.52. The molecule has 7 nitrogen and oxygen atoms in total. The summed E-state index contributed by atoms with van der Waals surface area (Å²) >= 11 is 4.98. The Morgan fingerprint density at radius 3 is 2.48 bits per heavy atom. The summed E-state index contributed by atoms with van der Waals surface area (Å²) in [5.74, 6) is -1.35. The third-order valence-corrected chi connectivity index (χ3v) is 5.31. The molecule has 1 saturated heterocycles. The quantitative estimate of drug-likeness (QED) is 0.363. The van der Waals surface area contributed by atoms with Crippen LogP contribution in [0.2, 0.25) is 0 Å². The van der Waals surface area contributed by atoms with Crippen LogP contribution in [0.5, 0.6) is 0 Å². The molecule has 8 heteroatoms. The molecule has 1 aliphatic rings. The number of hydrogen-bond acceptors (Lipinski definition) is 5. The molecule has 0 radical (unpaired) electrons. The zero-order valence-electron chi connectivity index (χ0n) is 16.8. The van der Waals surface area contributed by atoms with Gasteiger partial charge in [-0.2, -0.15) is 0 Å². The molecule has 2 amide bonds. The van der Waals surface area contributed by atoms with Gasteiger partial charge in [0.05, 0.1) is 12.7 Å². The Kier molecular flexibility index (Phi) is 5.39. The van der Waals surface area contributed by atoms with Gasteiger partial charge in [-0.3, -0.25) is 19.8 Å². The SMILES string of the molecule is COC(=O)c1ccc(-n2c(C)cc(/C=C3/C(=O)NC(=S)N(C)C3=O)c2C)c(C)c1. The number of amides is 2. The summed E-state index contributed by atoms with van der Waals surface area (Å²) in [4.78, 5) is 37.7. The van der Waals surface area contributed by atoms with Crippen LogP contribution in [0.25, 0.3) is 11.8 Å². The van der Waals surface area contributed by atoms with Crippen molar-refractivity contribution in [3.05, 3.63) is 57.9 Å². The van der Waals surface area contributed by atoms with Gasteiger partial charge < -0.3 is 9.30 Å². The van der Waals surface area contributed by atoms with Crippen LogP contribution in [0.1, 0.15) is 32.9 Å². The summed E-state index contributed by atoms with van der Waals surface area (Å²) < 4.78 is 6.79. The Balaban J connectivity index is 2.06. The van der Waals surface area contributed by atoms with E-state index in [0.29, 0.717) is 5.56 Å². The number of likely N-dealkylation sites (N-methyl/N-ethyl adjacent to an activating group) is 1. The molecular weight excluding hydrogens is 390 g/mol. The predicted octanol–water partition coefficient (Wildman–Crippen LogP) is 2.45. The van der Waals surface area contributed by atoms with Crippen molar-refractivity contribution in [1.29, 1.82) is 0 Å². The molecule has 2 aromatic rings. The molecule has 0 atom stereocenters. The van der Waals surface area contributed by atoms with Crippen LogP contribution in [0.4, 0.5) is 0 Å². The van der Waals surface area contributed by atoms with Crippen LogP contribution >= 0.6 is 12.2 Å². The molecule has 3 rings (SSSR count). The summed E-state index contributed by atoms with van der Waals surface area (Å²) in [7, 11) is 2.87. The number of carbonyl (C=O) groups is 3. The second kappa shape index (κ2) is 7.63. The van der Waals surface area contributed by atoms with Gasteiger partial charge in [-0.25, -0.2) is 4.79 Å². The van der Waals surface area contributed by atoms with E-state index in [1.165, 1.54) is 19.1 Å². The van der Waals surface area contributed by atoms with Gasteiger partial charge in [0.15, 0.2) is 5.11 Å². The maximum absolute atomic E-state index is 12.5. The van der Waals surface area contributed by atoms with Gasteiger partial charge in [-0.1, -0.05) is 0 Å². The summed E-state index contributed by atoms with van der Waals surface area (Å²) in [6.45, 7) is 5.76. The molecule has 1 aromatic heterocycles. The zero-order chi connectivity index (χ0) is 21.5. The minimum absolute atomic E-state index is 0.0270. The van der Waals surface area contributed by atoms with E-state index < -0.39 is 17.8 Å². The molecule has 0 spiro atoms. The Hall–Kier alpha value is -3.26. The van der Waals surface area contributed by atoms with Crippen LogP contribution in [0.15, 0.2) is 29.8 Å². The number of aryl methyl sites for hydroxylation is 2. The summed E-state index contributed by atoms with van der Waals surface area (Å²) in [5.41, 5.74) is 4.83. The maximum atomic E-state index is 12.5. The standard InChI is InChI=1S/C21H21N3O4S/c1-11-8-14(20(27)28-5)6-7-17(11)24-12(2)9-15(13(24)3)10-16-18(25)22-21(29)23(4)19(16)26/h6-10H,1-5H3,(H,22,25,29)/b16-10-. The molecule has 1 aromatic carbocycles. The number of esters is 1. The van der Waals surface area contributed by atoms with Crippen molar-refractivity contribution in [2.24, 2.45) is 0 Å². The van der Waals surface area contributed by atoms with E-state index in [-0.39, 0.29) is 10.7 Å². The summed E-state index contributed by atoms with van der Waals surface area (Å²) in [6.07, 6.45) is 1.58. The van der Waals surface area contributed by atoms with E-state index in [1.807, 2.05) is 37.5 Å². The lowest BCUT2D eigenvalue weighted by atomic mass is 10.1. The Bertz CT molecular complexity index is 1100. The second-order valence-corrected chi connectivity index (χ2v) is 7.22. The van der Waals surface area contributed by atoms with Gasteiger partial charge in [-0.15, -0.1) is 0 Å². The van der Waals surface area contributed by atoms with Gasteiger partial charge in [0, 0.05) is 24.1 Å². The fourth-order valence-corrected chi connectivity index (χ4v) is 3.53. The normalized spacial score (nSPS) is 15.7. The van der Waals surface area contributed by atoms with Crippen molar-refractivity contribution < 1.29 is 19.1 Å². The molecule has 0 unspecified atom stereocenters. The highest BCUT2D eigenvalue weighted by Crippen LogP contribution is 2.26. The molecule has 0 aliphatic carbocycles. The Labute approximate surface area is 173 Å². The van der Waals surface area contributed by atoms with Gasteiger partial charge in [0.25, 0.3) is 11.8 Å². The van der Waals surface area contributed by atoms with Gasteiger partial charge in [0.1, 0.15) is 5.57 Å². The van der Waals surface area contributed by atoms with Gasteiger partial charge in [0.2, 0.25) is 0 Å². The van der Waals surface area contributed by atoms with Crippen LogP contribution in [0, 0.1) is 20.8 Å². The average molecular weight is 411 g/mol. The zero-order valence-corrected chi connectivity index (χ0v) is 17.6. The average Bonchev–Trinajstić information content (AvgIpc) is 2.96. The van der Waals surface area contributed by atoms with E-state index in [2.05, 4.69) is 5.32 Å². The number of aromatic nitrogens is 1. The van der Waals surface area contributed by atoms with Crippen molar-refractivity contribution in [1.82, 2.24) is 14.8 Å². The number of hydrogen-bond donors (Lipinski definition) is 1. The number of rotatable bonds is 3.